The summed E-state index contributed by atoms with van der Waals surface area (Å²) >= 11 is 0. The fourth-order valence-electron chi connectivity index (χ4n) is 2.85. The molecule has 5 nitrogen and oxygen atoms in total. The molecule has 2 aromatic rings. The van der Waals surface area contributed by atoms with Crippen LogP contribution in [0.5, 0.6) is 0 Å². The third-order valence-electron chi connectivity index (χ3n) is 4.11. The smallest absolute Gasteiger partial charge is 0.218 e. The number of nitrogens with zero attached hydrogens (tertiary/aromatic N) is 2. The van der Waals surface area contributed by atoms with Crippen LogP contribution in [-0.4, -0.2) is 36.8 Å². The van der Waals surface area contributed by atoms with Gasteiger partial charge in [-0.05, 0) is 30.5 Å². The number of benzene rings is 1. The van der Waals surface area contributed by atoms with Gasteiger partial charge in [0.1, 0.15) is 5.82 Å². The molecule has 0 bridgehead atoms. The molecule has 0 amide bonds. The highest BCUT2D eigenvalue weighted by atomic mass is 32.2. The Morgan fingerprint density at radius 1 is 1.08 bits per heavy atom. The van der Waals surface area contributed by atoms with E-state index in [-0.39, 0.29) is 11.8 Å². The van der Waals surface area contributed by atoms with Crippen molar-refractivity contribution in [3.8, 4) is 0 Å². The molecule has 2 heterocycles. The number of halogens is 1. The predicted octanol–water partition coefficient (Wildman–Crippen LogP) is 2.63. The lowest BCUT2D eigenvalue weighted by atomic mass is 10.1. The summed E-state index contributed by atoms with van der Waals surface area (Å²) in [6, 6.07) is 13.9. The minimum Gasteiger partial charge on any atom is -0.367 e. The zero-order chi connectivity index (χ0) is 17.0. The van der Waals surface area contributed by atoms with Gasteiger partial charge in [-0.1, -0.05) is 36.4 Å². The van der Waals surface area contributed by atoms with Crippen molar-refractivity contribution in [2.45, 2.75) is 24.6 Å². The Labute approximate surface area is 141 Å². The highest BCUT2D eigenvalue weighted by Gasteiger charge is 2.28. The predicted molar refractivity (Wildman–Crippen MR) is 91.5 cm³/mol. The highest BCUT2D eigenvalue weighted by molar-refractivity contribution is 7.88. The summed E-state index contributed by atoms with van der Waals surface area (Å²) in [6.07, 6.45) is 1.35. The molecule has 0 unspecified atom stereocenters. The van der Waals surface area contributed by atoms with Crippen molar-refractivity contribution in [1.29, 1.82) is 0 Å². The lowest BCUT2D eigenvalue weighted by Crippen LogP contribution is -2.42. The Morgan fingerprint density at radius 3 is 2.46 bits per heavy atom. The molecule has 1 aromatic heterocycles. The van der Waals surface area contributed by atoms with E-state index in [0.717, 1.165) is 5.56 Å². The number of piperidine rings is 1. The second-order valence-electron chi connectivity index (χ2n) is 5.91. The second kappa shape index (κ2) is 7.27. The number of nitrogens with one attached hydrogen (secondary N) is 1. The quantitative estimate of drug-likeness (QED) is 0.843. The molecule has 1 aliphatic rings. The zero-order valence-corrected chi connectivity index (χ0v) is 14.0. The first-order chi connectivity index (χ1) is 11.5. The standard InChI is InChI=1S/C17H20FN3O2S/c18-16-7-4-8-17(20-16)19-15-9-11-21(12-10-15)24(22,23)13-14-5-2-1-3-6-14/h1-8,15H,9-13H2,(H,19,20). The van der Waals surface area contributed by atoms with E-state index in [1.54, 1.807) is 12.1 Å². The van der Waals surface area contributed by atoms with Crippen molar-refractivity contribution >= 4 is 15.8 Å². The molecule has 0 radical (unpaired) electrons. The largest absolute Gasteiger partial charge is 0.367 e. The summed E-state index contributed by atoms with van der Waals surface area (Å²) in [5.41, 5.74) is 0.793. The van der Waals surface area contributed by atoms with E-state index in [0.29, 0.717) is 31.7 Å². The molecule has 0 spiro atoms. The molecule has 1 fully saturated rings. The molecule has 7 heteroatoms. The third-order valence-corrected chi connectivity index (χ3v) is 5.96. The van der Waals surface area contributed by atoms with E-state index < -0.39 is 16.0 Å². The minimum atomic E-state index is -3.31. The summed E-state index contributed by atoms with van der Waals surface area (Å²) in [5.74, 6) is -0.0133. The highest BCUT2D eigenvalue weighted by Crippen LogP contribution is 2.20. The number of hydrogen-bond acceptors (Lipinski definition) is 4. The molecular weight excluding hydrogens is 329 g/mol. The van der Waals surface area contributed by atoms with E-state index in [1.807, 2.05) is 30.3 Å². The van der Waals surface area contributed by atoms with Gasteiger partial charge in [0, 0.05) is 19.1 Å². The average Bonchev–Trinajstić information content (AvgIpc) is 2.56. The van der Waals surface area contributed by atoms with Crippen molar-refractivity contribution in [3.05, 3.63) is 60.0 Å². The van der Waals surface area contributed by atoms with Gasteiger partial charge in [0.15, 0.2) is 0 Å². The van der Waals surface area contributed by atoms with Crippen LogP contribution >= 0.6 is 0 Å². The van der Waals surface area contributed by atoms with E-state index in [2.05, 4.69) is 10.3 Å². The number of aromatic nitrogens is 1. The van der Waals surface area contributed by atoms with Crippen molar-refractivity contribution in [3.63, 3.8) is 0 Å². The summed E-state index contributed by atoms with van der Waals surface area (Å²) < 4.78 is 39.7. The molecule has 1 N–H and O–H groups in total. The van der Waals surface area contributed by atoms with Crippen LogP contribution in [0.3, 0.4) is 0 Å². The van der Waals surface area contributed by atoms with E-state index >= 15 is 0 Å². The molecule has 1 saturated heterocycles. The monoisotopic (exact) mass is 349 g/mol. The number of sulfonamides is 1. The normalized spacial score (nSPS) is 16.9. The Kier molecular flexibility index (Phi) is 5.11. The van der Waals surface area contributed by atoms with Crippen molar-refractivity contribution in [1.82, 2.24) is 9.29 Å². The van der Waals surface area contributed by atoms with Gasteiger partial charge in [-0.3, -0.25) is 0 Å². The first-order valence-electron chi connectivity index (χ1n) is 7.94. The fourth-order valence-corrected chi connectivity index (χ4v) is 4.42. The van der Waals surface area contributed by atoms with Crippen molar-refractivity contribution in [2.24, 2.45) is 0 Å². The Morgan fingerprint density at radius 2 is 1.79 bits per heavy atom. The first-order valence-corrected chi connectivity index (χ1v) is 9.55. The summed E-state index contributed by atoms with van der Waals surface area (Å²) in [4.78, 5) is 3.78. The number of pyridine rings is 1. The molecule has 128 valence electrons. The van der Waals surface area contributed by atoms with Gasteiger partial charge in [0.25, 0.3) is 0 Å². The summed E-state index contributed by atoms with van der Waals surface area (Å²) in [6.45, 7) is 0.921. The number of rotatable bonds is 5. The molecule has 24 heavy (non-hydrogen) atoms. The van der Waals surface area contributed by atoms with Gasteiger partial charge < -0.3 is 5.32 Å². The molecular formula is C17H20FN3O2S. The Bertz CT molecular complexity index is 775. The third kappa shape index (κ3) is 4.30. The lowest BCUT2D eigenvalue weighted by Gasteiger charge is -2.31. The fraction of sp³-hybridized carbons (Fsp3) is 0.353. The Balaban J connectivity index is 1.56. The molecule has 1 aliphatic heterocycles. The number of anilines is 1. The zero-order valence-electron chi connectivity index (χ0n) is 13.2. The first kappa shape index (κ1) is 16.9. The maximum absolute atomic E-state index is 13.1. The average molecular weight is 349 g/mol. The van der Waals surface area contributed by atoms with E-state index in [1.165, 1.54) is 10.4 Å². The van der Waals surface area contributed by atoms with E-state index in [9.17, 15) is 12.8 Å². The molecule has 3 rings (SSSR count). The van der Waals surface area contributed by atoms with Crippen LogP contribution in [0, 0.1) is 5.95 Å². The van der Waals surface area contributed by atoms with Gasteiger partial charge in [-0.15, -0.1) is 0 Å². The van der Waals surface area contributed by atoms with Gasteiger partial charge in [-0.25, -0.2) is 17.7 Å². The van der Waals surface area contributed by atoms with Crippen molar-refractivity contribution in [2.75, 3.05) is 18.4 Å². The van der Waals surface area contributed by atoms with Gasteiger partial charge >= 0.3 is 0 Å². The molecule has 0 atom stereocenters. The van der Waals surface area contributed by atoms with Crippen LogP contribution in [0.1, 0.15) is 18.4 Å². The Hall–Kier alpha value is -1.99. The SMILES string of the molecule is O=S(=O)(Cc1ccccc1)N1CCC(Nc2cccc(F)n2)CC1. The summed E-state index contributed by atoms with van der Waals surface area (Å²) in [7, 11) is -3.31. The van der Waals surface area contributed by atoms with Crippen LogP contribution in [0.2, 0.25) is 0 Å². The molecule has 1 aromatic carbocycles. The maximum atomic E-state index is 13.1. The van der Waals surface area contributed by atoms with Gasteiger partial charge in [0.05, 0.1) is 5.75 Å². The molecule has 0 aliphatic carbocycles. The van der Waals surface area contributed by atoms with Crippen LogP contribution < -0.4 is 5.32 Å². The second-order valence-corrected chi connectivity index (χ2v) is 7.87. The maximum Gasteiger partial charge on any atom is 0.218 e. The van der Waals surface area contributed by atoms with Crippen molar-refractivity contribution < 1.29 is 12.8 Å². The van der Waals surface area contributed by atoms with Crippen LogP contribution in [0.4, 0.5) is 10.2 Å². The van der Waals surface area contributed by atoms with Gasteiger partial charge in [0.2, 0.25) is 16.0 Å². The lowest BCUT2D eigenvalue weighted by molar-refractivity contribution is 0.329. The van der Waals surface area contributed by atoms with Crippen LogP contribution in [-0.2, 0) is 15.8 Å². The minimum absolute atomic E-state index is 0.0252. The van der Waals surface area contributed by atoms with Crippen LogP contribution in [0.15, 0.2) is 48.5 Å². The van der Waals surface area contributed by atoms with E-state index in [4.69, 9.17) is 0 Å². The van der Waals surface area contributed by atoms with Crippen LogP contribution in [0.25, 0.3) is 0 Å². The molecule has 0 saturated carbocycles. The topological polar surface area (TPSA) is 62.3 Å². The number of hydrogen-bond donors (Lipinski definition) is 1. The van der Waals surface area contributed by atoms with Gasteiger partial charge in [-0.2, -0.15) is 4.39 Å². The summed E-state index contributed by atoms with van der Waals surface area (Å²) in [5, 5.41) is 3.17.